The molecule has 0 spiro atoms. The molecule has 0 aliphatic carbocycles. The van der Waals surface area contributed by atoms with Crippen LogP contribution in [0.5, 0.6) is 0 Å². The molecule has 0 aliphatic rings. The van der Waals surface area contributed by atoms with Crippen molar-refractivity contribution in [3.05, 3.63) is 53.7 Å². The smallest absolute Gasteiger partial charge is 0.247 e. The van der Waals surface area contributed by atoms with E-state index in [1.165, 1.54) is 26.1 Å². The third kappa shape index (κ3) is 2.66. The van der Waals surface area contributed by atoms with Gasteiger partial charge in [0.2, 0.25) is 11.8 Å². The lowest BCUT2D eigenvalue weighted by atomic mass is 10.0. The molecular formula is C18H14N2OS2. The molecule has 5 heteroatoms. The van der Waals surface area contributed by atoms with Gasteiger partial charge in [-0.05, 0) is 47.5 Å². The molecule has 0 amide bonds. The molecule has 0 radical (unpaired) electrons. The second-order valence-corrected chi connectivity index (χ2v) is 7.01. The maximum absolute atomic E-state index is 5.55. The first-order valence-corrected chi connectivity index (χ1v) is 9.31. The summed E-state index contributed by atoms with van der Waals surface area (Å²) < 4.78 is 6.81. The number of thiophene rings is 1. The van der Waals surface area contributed by atoms with Crippen molar-refractivity contribution in [2.24, 2.45) is 0 Å². The quantitative estimate of drug-likeness (QED) is 0.453. The molecule has 23 heavy (non-hydrogen) atoms. The zero-order chi connectivity index (χ0) is 15.8. The fourth-order valence-electron chi connectivity index (χ4n) is 2.57. The Morgan fingerprint density at radius 1 is 1.00 bits per heavy atom. The van der Waals surface area contributed by atoms with Crippen LogP contribution in [-0.2, 0) is 0 Å². The molecule has 0 bridgehead atoms. The van der Waals surface area contributed by atoms with Gasteiger partial charge in [0, 0.05) is 33.0 Å². The van der Waals surface area contributed by atoms with Gasteiger partial charge >= 0.3 is 0 Å². The first-order chi connectivity index (χ1) is 11.2. The molecule has 0 aliphatic heterocycles. The Labute approximate surface area is 142 Å². The average molecular weight is 338 g/mol. The first-order valence-electron chi connectivity index (χ1n) is 7.21. The molecule has 0 unspecified atom stereocenters. The summed E-state index contributed by atoms with van der Waals surface area (Å²) in [5, 5.41) is 11.5. The highest BCUT2D eigenvalue weighted by Crippen LogP contribution is 2.36. The molecule has 0 saturated heterocycles. The lowest BCUT2D eigenvalue weighted by Gasteiger charge is -2.03. The van der Waals surface area contributed by atoms with Crippen LogP contribution in [0.15, 0.2) is 57.2 Å². The summed E-state index contributed by atoms with van der Waals surface area (Å²) in [6.07, 6.45) is 2.09. The van der Waals surface area contributed by atoms with Gasteiger partial charge in [-0.25, -0.2) is 0 Å². The average Bonchev–Trinajstić information content (AvgIpc) is 3.20. The number of nitrogens with zero attached hydrogens (tertiary/aromatic N) is 2. The third-order valence-corrected chi connectivity index (χ3v) is 5.45. The Bertz CT molecular complexity index is 970. The topological polar surface area (TPSA) is 38.9 Å². The molecular weight excluding hydrogens is 324 g/mol. The van der Waals surface area contributed by atoms with Crippen molar-refractivity contribution < 1.29 is 4.42 Å². The van der Waals surface area contributed by atoms with Gasteiger partial charge in [-0.2, -0.15) is 0 Å². The number of aromatic nitrogens is 2. The van der Waals surface area contributed by atoms with Crippen molar-refractivity contribution in [1.29, 1.82) is 0 Å². The number of thioether (sulfide) groups is 1. The summed E-state index contributed by atoms with van der Waals surface area (Å²) in [6.45, 7) is 1.80. The second kappa shape index (κ2) is 5.83. The summed E-state index contributed by atoms with van der Waals surface area (Å²) in [5.41, 5.74) is 3.43. The van der Waals surface area contributed by atoms with Crippen LogP contribution in [-0.4, -0.2) is 16.5 Å². The van der Waals surface area contributed by atoms with E-state index in [9.17, 15) is 0 Å². The van der Waals surface area contributed by atoms with E-state index < -0.39 is 0 Å². The maximum Gasteiger partial charge on any atom is 0.247 e. The van der Waals surface area contributed by atoms with Gasteiger partial charge in [0.05, 0.1) is 0 Å². The summed E-state index contributed by atoms with van der Waals surface area (Å²) in [7, 11) is 0. The third-order valence-electron chi connectivity index (χ3n) is 3.75. The molecule has 2 aromatic heterocycles. The molecule has 0 atom stereocenters. The van der Waals surface area contributed by atoms with Crippen LogP contribution in [0, 0.1) is 6.92 Å². The van der Waals surface area contributed by atoms with Gasteiger partial charge in [0.15, 0.2) is 0 Å². The Morgan fingerprint density at radius 3 is 2.48 bits per heavy atom. The number of fused-ring (bicyclic) bond motifs is 1. The highest BCUT2D eigenvalue weighted by atomic mass is 32.2. The van der Waals surface area contributed by atoms with Crippen LogP contribution >= 0.6 is 23.1 Å². The van der Waals surface area contributed by atoms with E-state index >= 15 is 0 Å². The van der Waals surface area contributed by atoms with Gasteiger partial charge in [-0.15, -0.1) is 33.3 Å². The van der Waals surface area contributed by atoms with Crippen LogP contribution in [0.3, 0.4) is 0 Å². The van der Waals surface area contributed by atoms with Gasteiger partial charge in [-0.3, -0.25) is 0 Å². The van der Waals surface area contributed by atoms with E-state index in [1.807, 2.05) is 6.07 Å². The van der Waals surface area contributed by atoms with Crippen molar-refractivity contribution in [1.82, 2.24) is 10.2 Å². The monoisotopic (exact) mass is 338 g/mol. The number of aryl methyl sites for hydroxylation is 1. The predicted octanol–water partition coefficient (Wildman–Crippen LogP) is 5.65. The normalized spacial score (nSPS) is 11.2. The van der Waals surface area contributed by atoms with Crippen molar-refractivity contribution in [2.75, 3.05) is 6.26 Å². The molecule has 0 fully saturated rings. The van der Waals surface area contributed by atoms with Gasteiger partial charge in [0.1, 0.15) is 0 Å². The zero-order valence-corrected chi connectivity index (χ0v) is 14.4. The summed E-state index contributed by atoms with van der Waals surface area (Å²) >= 11 is 3.51. The second-order valence-electron chi connectivity index (χ2n) is 5.22. The van der Waals surface area contributed by atoms with E-state index in [0.717, 1.165) is 5.56 Å². The number of hydrogen-bond donors (Lipinski definition) is 0. The van der Waals surface area contributed by atoms with E-state index in [0.29, 0.717) is 11.8 Å². The van der Waals surface area contributed by atoms with Crippen molar-refractivity contribution >= 4 is 33.2 Å². The Morgan fingerprint density at radius 2 is 1.78 bits per heavy atom. The van der Waals surface area contributed by atoms with Crippen LogP contribution in [0.2, 0.25) is 0 Å². The fourth-order valence-corrected chi connectivity index (χ4v) is 3.93. The fraction of sp³-hybridized carbons (Fsp3) is 0.111. The van der Waals surface area contributed by atoms with Gasteiger partial charge < -0.3 is 4.42 Å². The SMILES string of the molecule is CSc1ccc(-c2csc3ccc(-c4nnc(C)o4)cc23)cc1. The molecule has 2 aromatic carbocycles. The van der Waals surface area contributed by atoms with Crippen molar-refractivity contribution in [2.45, 2.75) is 11.8 Å². The van der Waals surface area contributed by atoms with E-state index in [1.54, 1.807) is 30.0 Å². The van der Waals surface area contributed by atoms with Crippen LogP contribution in [0.25, 0.3) is 32.7 Å². The van der Waals surface area contributed by atoms with Crippen LogP contribution in [0.4, 0.5) is 0 Å². The number of hydrogen-bond acceptors (Lipinski definition) is 5. The van der Waals surface area contributed by atoms with Crippen molar-refractivity contribution in [3.8, 4) is 22.6 Å². The number of benzene rings is 2. The first kappa shape index (κ1) is 14.5. The molecule has 2 heterocycles. The molecule has 4 aromatic rings. The van der Waals surface area contributed by atoms with Crippen LogP contribution < -0.4 is 0 Å². The summed E-state index contributed by atoms with van der Waals surface area (Å²) in [5.74, 6) is 1.15. The molecule has 4 rings (SSSR count). The van der Waals surface area contributed by atoms with Gasteiger partial charge in [-0.1, -0.05) is 12.1 Å². The summed E-state index contributed by atoms with van der Waals surface area (Å²) in [6, 6.07) is 15.0. The molecule has 0 N–H and O–H groups in total. The molecule has 0 saturated carbocycles. The number of rotatable bonds is 3. The largest absolute Gasteiger partial charge is 0.421 e. The van der Waals surface area contributed by atoms with Crippen molar-refractivity contribution in [3.63, 3.8) is 0 Å². The van der Waals surface area contributed by atoms with E-state index in [2.05, 4.69) is 58.2 Å². The molecule has 3 nitrogen and oxygen atoms in total. The maximum atomic E-state index is 5.55. The lowest BCUT2D eigenvalue weighted by molar-refractivity contribution is 0.533. The Hall–Kier alpha value is -2.11. The van der Waals surface area contributed by atoms with E-state index in [-0.39, 0.29) is 0 Å². The zero-order valence-electron chi connectivity index (χ0n) is 12.7. The highest BCUT2D eigenvalue weighted by Gasteiger charge is 2.11. The minimum atomic E-state index is 0.569. The summed E-state index contributed by atoms with van der Waals surface area (Å²) in [4.78, 5) is 1.27. The van der Waals surface area contributed by atoms with E-state index in [4.69, 9.17) is 4.42 Å². The Kier molecular flexibility index (Phi) is 3.67. The van der Waals surface area contributed by atoms with Gasteiger partial charge in [0.25, 0.3) is 0 Å². The minimum Gasteiger partial charge on any atom is -0.421 e. The minimum absolute atomic E-state index is 0.569. The highest BCUT2D eigenvalue weighted by molar-refractivity contribution is 7.98. The predicted molar refractivity (Wildman–Crippen MR) is 97.1 cm³/mol. The van der Waals surface area contributed by atoms with Crippen LogP contribution in [0.1, 0.15) is 5.89 Å². The lowest BCUT2D eigenvalue weighted by Crippen LogP contribution is -1.80. The Balaban J connectivity index is 1.83. The molecule has 114 valence electrons. The standard InChI is InChI=1S/C18H14N2OS2/c1-11-19-20-18(21-11)13-5-8-17-15(9-13)16(10-23-17)12-3-6-14(22-2)7-4-12/h3-10H,1-2H3.